The van der Waals surface area contributed by atoms with Crippen molar-refractivity contribution in [1.29, 1.82) is 0 Å². The standard InChI is InChI=1S/C21H26N2O/c1-14-12-15(2)20-19(13-14)18(6-4-5-11-22)21(23-20)16-7-9-17(24-3)10-8-16/h7-10,12-13,23H,4-6,11,22H2,1-3H3. The van der Waals surface area contributed by atoms with Gasteiger partial charge in [0.25, 0.3) is 0 Å². The van der Waals surface area contributed by atoms with Crippen LogP contribution in [0.1, 0.15) is 29.5 Å². The SMILES string of the molecule is COc1ccc(-c2[nH]c3c(C)cc(C)cc3c2CCCCN)cc1. The van der Waals surface area contributed by atoms with Gasteiger partial charge in [0.1, 0.15) is 5.75 Å². The summed E-state index contributed by atoms with van der Waals surface area (Å²) < 4.78 is 5.28. The molecule has 0 bridgehead atoms. The molecule has 0 atom stereocenters. The van der Waals surface area contributed by atoms with E-state index >= 15 is 0 Å². The lowest BCUT2D eigenvalue weighted by molar-refractivity contribution is 0.415. The number of nitrogens with one attached hydrogen (secondary N) is 1. The van der Waals surface area contributed by atoms with Crippen LogP contribution < -0.4 is 10.5 Å². The van der Waals surface area contributed by atoms with E-state index in [2.05, 4.69) is 43.1 Å². The molecule has 0 aliphatic heterocycles. The third kappa shape index (κ3) is 3.17. The van der Waals surface area contributed by atoms with Crippen molar-refractivity contribution in [3.63, 3.8) is 0 Å². The molecule has 0 aliphatic rings. The Morgan fingerprint density at radius 2 is 1.79 bits per heavy atom. The van der Waals surface area contributed by atoms with Gasteiger partial charge in [0.15, 0.2) is 0 Å². The third-order valence-corrected chi connectivity index (χ3v) is 4.62. The highest BCUT2D eigenvalue weighted by Crippen LogP contribution is 2.34. The molecule has 1 heterocycles. The summed E-state index contributed by atoms with van der Waals surface area (Å²) in [6.07, 6.45) is 3.21. The van der Waals surface area contributed by atoms with Crippen LogP contribution in [-0.4, -0.2) is 18.6 Å². The van der Waals surface area contributed by atoms with Crippen LogP contribution in [0, 0.1) is 13.8 Å². The molecule has 3 aromatic rings. The van der Waals surface area contributed by atoms with Crippen molar-refractivity contribution in [3.8, 4) is 17.0 Å². The van der Waals surface area contributed by atoms with E-state index in [0.29, 0.717) is 0 Å². The molecule has 0 amide bonds. The number of unbranched alkanes of at least 4 members (excludes halogenated alkanes) is 1. The first-order chi connectivity index (χ1) is 11.6. The lowest BCUT2D eigenvalue weighted by Gasteiger charge is -2.07. The van der Waals surface area contributed by atoms with Crippen LogP contribution in [0.15, 0.2) is 36.4 Å². The molecule has 3 rings (SSSR count). The van der Waals surface area contributed by atoms with Gasteiger partial charge in [-0.1, -0.05) is 11.6 Å². The number of aromatic amines is 1. The monoisotopic (exact) mass is 322 g/mol. The predicted molar refractivity (Wildman–Crippen MR) is 102 cm³/mol. The molecule has 0 saturated heterocycles. The number of aromatic nitrogens is 1. The first kappa shape index (κ1) is 16.6. The Morgan fingerprint density at radius 1 is 1.04 bits per heavy atom. The fraction of sp³-hybridized carbons (Fsp3) is 0.333. The van der Waals surface area contributed by atoms with Crippen LogP contribution in [-0.2, 0) is 6.42 Å². The Balaban J connectivity index is 2.13. The number of aryl methyl sites for hydroxylation is 3. The average Bonchev–Trinajstić information content (AvgIpc) is 2.94. The van der Waals surface area contributed by atoms with E-state index in [1.54, 1.807) is 7.11 Å². The summed E-state index contributed by atoms with van der Waals surface area (Å²) in [5, 5.41) is 1.34. The number of methoxy groups -OCH3 is 1. The molecule has 0 aliphatic carbocycles. The van der Waals surface area contributed by atoms with E-state index in [1.807, 2.05) is 12.1 Å². The minimum absolute atomic E-state index is 0.748. The second-order valence-corrected chi connectivity index (χ2v) is 6.46. The Bertz CT molecular complexity index is 831. The summed E-state index contributed by atoms with van der Waals surface area (Å²) in [4.78, 5) is 3.67. The van der Waals surface area contributed by atoms with Gasteiger partial charge < -0.3 is 15.5 Å². The largest absolute Gasteiger partial charge is 0.497 e. The Morgan fingerprint density at radius 3 is 2.46 bits per heavy atom. The number of benzene rings is 2. The van der Waals surface area contributed by atoms with Crippen LogP contribution >= 0.6 is 0 Å². The third-order valence-electron chi connectivity index (χ3n) is 4.62. The fourth-order valence-electron chi connectivity index (χ4n) is 3.42. The van der Waals surface area contributed by atoms with Gasteiger partial charge in [0.05, 0.1) is 7.11 Å². The number of ether oxygens (including phenoxy) is 1. The topological polar surface area (TPSA) is 51.0 Å². The quantitative estimate of drug-likeness (QED) is 0.644. The second kappa shape index (κ2) is 7.10. The lowest BCUT2D eigenvalue weighted by Crippen LogP contribution is -1.99. The number of H-pyrrole nitrogens is 1. The van der Waals surface area contributed by atoms with E-state index in [-0.39, 0.29) is 0 Å². The molecule has 0 fully saturated rings. The maximum atomic E-state index is 5.69. The molecule has 0 spiro atoms. The summed E-state index contributed by atoms with van der Waals surface area (Å²) >= 11 is 0. The number of hydrogen-bond acceptors (Lipinski definition) is 2. The minimum Gasteiger partial charge on any atom is -0.497 e. The molecule has 24 heavy (non-hydrogen) atoms. The highest BCUT2D eigenvalue weighted by Gasteiger charge is 2.15. The van der Waals surface area contributed by atoms with Gasteiger partial charge in [0, 0.05) is 16.6 Å². The van der Waals surface area contributed by atoms with E-state index < -0.39 is 0 Å². The average molecular weight is 322 g/mol. The number of fused-ring (bicyclic) bond motifs is 1. The molecule has 0 saturated carbocycles. The van der Waals surface area contributed by atoms with Crippen molar-refractivity contribution in [3.05, 3.63) is 53.1 Å². The molecule has 126 valence electrons. The molecule has 3 heteroatoms. The maximum absolute atomic E-state index is 5.69. The summed E-state index contributed by atoms with van der Waals surface area (Å²) in [7, 11) is 1.70. The van der Waals surface area contributed by atoms with Gasteiger partial charge in [-0.05, 0) is 86.7 Å². The normalized spacial score (nSPS) is 11.2. The molecule has 2 aromatic carbocycles. The zero-order valence-corrected chi connectivity index (χ0v) is 14.8. The van der Waals surface area contributed by atoms with E-state index in [9.17, 15) is 0 Å². The molecular weight excluding hydrogens is 296 g/mol. The minimum atomic E-state index is 0.748. The summed E-state index contributed by atoms with van der Waals surface area (Å²) in [5.74, 6) is 0.881. The molecule has 1 aromatic heterocycles. The molecule has 0 radical (unpaired) electrons. The molecule has 0 unspecified atom stereocenters. The Hall–Kier alpha value is -2.26. The molecule has 3 nitrogen and oxygen atoms in total. The maximum Gasteiger partial charge on any atom is 0.118 e. The van der Waals surface area contributed by atoms with Crippen molar-refractivity contribution in [2.45, 2.75) is 33.1 Å². The molecule has 3 N–H and O–H groups in total. The van der Waals surface area contributed by atoms with Crippen molar-refractivity contribution < 1.29 is 4.74 Å². The first-order valence-electron chi connectivity index (χ1n) is 8.60. The predicted octanol–water partition coefficient (Wildman–Crippen LogP) is 4.74. The van der Waals surface area contributed by atoms with Crippen LogP contribution in [0.5, 0.6) is 5.75 Å². The van der Waals surface area contributed by atoms with Crippen LogP contribution in [0.25, 0.3) is 22.2 Å². The first-order valence-corrected chi connectivity index (χ1v) is 8.60. The van der Waals surface area contributed by atoms with Gasteiger partial charge in [-0.3, -0.25) is 0 Å². The fourth-order valence-corrected chi connectivity index (χ4v) is 3.42. The van der Waals surface area contributed by atoms with Gasteiger partial charge in [-0.15, -0.1) is 0 Å². The highest BCUT2D eigenvalue weighted by atomic mass is 16.5. The summed E-state index contributed by atoms with van der Waals surface area (Å²) in [5.41, 5.74) is 13.4. The zero-order valence-electron chi connectivity index (χ0n) is 14.8. The van der Waals surface area contributed by atoms with Crippen molar-refractivity contribution >= 4 is 10.9 Å². The van der Waals surface area contributed by atoms with E-state index in [1.165, 1.54) is 38.9 Å². The van der Waals surface area contributed by atoms with E-state index in [0.717, 1.165) is 31.6 Å². The molecular formula is C21H26N2O. The van der Waals surface area contributed by atoms with Gasteiger partial charge in [-0.25, -0.2) is 0 Å². The van der Waals surface area contributed by atoms with Crippen LogP contribution in [0.2, 0.25) is 0 Å². The second-order valence-electron chi connectivity index (χ2n) is 6.46. The van der Waals surface area contributed by atoms with Crippen molar-refractivity contribution in [2.24, 2.45) is 5.73 Å². The number of hydrogen-bond donors (Lipinski definition) is 2. The zero-order chi connectivity index (χ0) is 17.1. The van der Waals surface area contributed by atoms with Gasteiger partial charge in [-0.2, -0.15) is 0 Å². The Labute approximate surface area is 143 Å². The number of rotatable bonds is 6. The number of nitrogens with two attached hydrogens (primary N) is 1. The lowest BCUT2D eigenvalue weighted by atomic mass is 9.98. The highest BCUT2D eigenvalue weighted by molar-refractivity contribution is 5.93. The van der Waals surface area contributed by atoms with E-state index in [4.69, 9.17) is 10.5 Å². The van der Waals surface area contributed by atoms with Crippen molar-refractivity contribution in [1.82, 2.24) is 4.98 Å². The summed E-state index contributed by atoms with van der Waals surface area (Å²) in [6.45, 7) is 5.09. The van der Waals surface area contributed by atoms with Crippen LogP contribution in [0.4, 0.5) is 0 Å². The van der Waals surface area contributed by atoms with Gasteiger partial charge in [0.2, 0.25) is 0 Å². The summed E-state index contributed by atoms with van der Waals surface area (Å²) in [6, 6.07) is 12.8. The van der Waals surface area contributed by atoms with Gasteiger partial charge >= 0.3 is 0 Å². The van der Waals surface area contributed by atoms with Crippen molar-refractivity contribution in [2.75, 3.05) is 13.7 Å². The Kier molecular flexibility index (Phi) is 4.91. The smallest absolute Gasteiger partial charge is 0.118 e. The van der Waals surface area contributed by atoms with Crippen LogP contribution in [0.3, 0.4) is 0 Å².